The summed E-state index contributed by atoms with van der Waals surface area (Å²) in [6.07, 6.45) is 0. The molecule has 1 fully saturated rings. The molecule has 1 aliphatic rings. The molecule has 3 rings (SSSR count). The number of thioether (sulfide) groups is 1. The van der Waals surface area contributed by atoms with Crippen LogP contribution in [0.2, 0.25) is 0 Å². The molecular formula is C16H18N2O2S. The summed E-state index contributed by atoms with van der Waals surface area (Å²) >= 11 is 1.90. The van der Waals surface area contributed by atoms with E-state index < -0.39 is 0 Å². The number of hydrogen-bond acceptors (Lipinski definition) is 4. The predicted octanol–water partition coefficient (Wildman–Crippen LogP) is 2.74. The Morgan fingerprint density at radius 1 is 1.29 bits per heavy atom. The minimum absolute atomic E-state index is 0.0954. The fourth-order valence-electron chi connectivity index (χ4n) is 2.52. The van der Waals surface area contributed by atoms with Gasteiger partial charge in [-0.3, -0.25) is 9.78 Å². The predicted molar refractivity (Wildman–Crippen MR) is 86.3 cm³/mol. The van der Waals surface area contributed by atoms with Gasteiger partial charge in [-0.15, -0.1) is 0 Å². The maximum Gasteiger partial charge on any atom is 0.255 e. The lowest BCUT2D eigenvalue weighted by Crippen LogP contribution is -2.38. The van der Waals surface area contributed by atoms with Crippen molar-refractivity contribution < 1.29 is 9.53 Å². The number of ether oxygens (including phenoxy) is 1. The highest BCUT2D eigenvalue weighted by Crippen LogP contribution is 2.23. The van der Waals surface area contributed by atoms with E-state index in [0.717, 1.165) is 46.9 Å². The molecule has 0 aliphatic carbocycles. The van der Waals surface area contributed by atoms with Gasteiger partial charge < -0.3 is 9.64 Å². The molecule has 1 aromatic carbocycles. The van der Waals surface area contributed by atoms with E-state index >= 15 is 0 Å². The quantitative estimate of drug-likeness (QED) is 0.855. The highest BCUT2D eigenvalue weighted by molar-refractivity contribution is 7.99. The standard InChI is InChI=1S/C16H18N2O2S/c1-11-14(16(19)18-5-7-21-8-6-18)9-12-3-4-13(20-2)10-15(12)17-11/h3-4,9-10H,5-8H2,1-2H3. The zero-order valence-corrected chi connectivity index (χ0v) is 13.1. The smallest absolute Gasteiger partial charge is 0.255 e. The van der Waals surface area contributed by atoms with E-state index in [0.29, 0.717) is 5.56 Å². The molecule has 1 saturated heterocycles. The number of pyridine rings is 1. The monoisotopic (exact) mass is 302 g/mol. The third kappa shape index (κ3) is 2.83. The van der Waals surface area contributed by atoms with E-state index in [-0.39, 0.29) is 5.91 Å². The maximum atomic E-state index is 12.6. The number of fused-ring (bicyclic) bond motifs is 1. The zero-order valence-electron chi connectivity index (χ0n) is 12.3. The normalized spacial score (nSPS) is 15.2. The summed E-state index contributed by atoms with van der Waals surface area (Å²) in [6, 6.07) is 7.68. The number of hydrogen-bond donors (Lipinski definition) is 0. The second kappa shape index (κ2) is 5.93. The number of aryl methyl sites for hydroxylation is 1. The Kier molecular flexibility index (Phi) is 4.01. The van der Waals surface area contributed by atoms with Crippen molar-refractivity contribution in [3.63, 3.8) is 0 Å². The van der Waals surface area contributed by atoms with Crippen LogP contribution in [0.5, 0.6) is 5.75 Å². The van der Waals surface area contributed by atoms with Crippen molar-refractivity contribution in [3.8, 4) is 5.75 Å². The molecule has 110 valence electrons. The van der Waals surface area contributed by atoms with Crippen molar-refractivity contribution in [2.45, 2.75) is 6.92 Å². The molecular weight excluding hydrogens is 284 g/mol. The Morgan fingerprint density at radius 3 is 2.76 bits per heavy atom. The van der Waals surface area contributed by atoms with Gasteiger partial charge in [0.05, 0.1) is 23.9 Å². The Labute approximate surface area is 128 Å². The molecule has 1 amide bonds. The van der Waals surface area contributed by atoms with Crippen LogP contribution >= 0.6 is 11.8 Å². The van der Waals surface area contributed by atoms with Crippen LogP contribution in [0.3, 0.4) is 0 Å². The fourth-order valence-corrected chi connectivity index (χ4v) is 3.43. The molecule has 21 heavy (non-hydrogen) atoms. The van der Waals surface area contributed by atoms with Crippen LogP contribution in [-0.2, 0) is 0 Å². The SMILES string of the molecule is COc1ccc2cc(C(=O)N3CCSCC3)c(C)nc2c1. The van der Waals surface area contributed by atoms with Gasteiger partial charge in [0.25, 0.3) is 5.91 Å². The molecule has 0 atom stereocenters. The molecule has 5 heteroatoms. The van der Waals surface area contributed by atoms with E-state index in [1.54, 1.807) is 7.11 Å². The third-order valence-corrected chi connectivity index (χ3v) is 4.69. The minimum atomic E-state index is 0.0954. The molecule has 2 aromatic rings. The summed E-state index contributed by atoms with van der Waals surface area (Å²) < 4.78 is 5.22. The lowest BCUT2D eigenvalue weighted by molar-refractivity contribution is 0.0771. The third-order valence-electron chi connectivity index (χ3n) is 3.74. The van der Waals surface area contributed by atoms with Crippen LogP contribution in [-0.4, -0.2) is 47.5 Å². The summed E-state index contributed by atoms with van der Waals surface area (Å²) in [5.41, 5.74) is 2.34. The maximum absolute atomic E-state index is 12.6. The molecule has 0 radical (unpaired) electrons. The van der Waals surface area contributed by atoms with Crippen molar-refractivity contribution in [2.24, 2.45) is 0 Å². The second-order valence-electron chi connectivity index (χ2n) is 5.08. The molecule has 0 saturated carbocycles. The topological polar surface area (TPSA) is 42.4 Å². The van der Waals surface area contributed by atoms with Crippen LogP contribution < -0.4 is 4.74 Å². The molecule has 0 unspecified atom stereocenters. The molecule has 1 aliphatic heterocycles. The number of aromatic nitrogens is 1. The average molecular weight is 302 g/mol. The Hall–Kier alpha value is -1.75. The number of benzene rings is 1. The zero-order chi connectivity index (χ0) is 14.8. The van der Waals surface area contributed by atoms with E-state index in [1.807, 2.05) is 47.9 Å². The molecule has 1 aromatic heterocycles. The average Bonchev–Trinajstić information content (AvgIpc) is 2.53. The van der Waals surface area contributed by atoms with Crippen LogP contribution in [0.25, 0.3) is 10.9 Å². The Morgan fingerprint density at radius 2 is 2.05 bits per heavy atom. The molecule has 0 N–H and O–H groups in total. The van der Waals surface area contributed by atoms with Gasteiger partial charge in [-0.1, -0.05) is 0 Å². The first-order chi connectivity index (χ1) is 10.2. The Bertz CT molecular complexity index is 681. The van der Waals surface area contributed by atoms with Crippen molar-refractivity contribution in [3.05, 3.63) is 35.5 Å². The summed E-state index contributed by atoms with van der Waals surface area (Å²) in [4.78, 5) is 19.1. The van der Waals surface area contributed by atoms with Gasteiger partial charge in [0, 0.05) is 36.0 Å². The first kappa shape index (κ1) is 14.2. The summed E-state index contributed by atoms with van der Waals surface area (Å²) in [5, 5.41) is 0.969. The number of carbonyl (C=O) groups is 1. The van der Waals surface area contributed by atoms with Gasteiger partial charge in [-0.25, -0.2) is 0 Å². The number of amides is 1. The lowest BCUT2D eigenvalue weighted by atomic mass is 10.1. The highest BCUT2D eigenvalue weighted by atomic mass is 32.2. The molecule has 0 bridgehead atoms. The molecule has 2 heterocycles. The van der Waals surface area contributed by atoms with E-state index in [1.165, 1.54) is 0 Å². The number of methoxy groups -OCH3 is 1. The first-order valence-corrected chi connectivity index (χ1v) is 8.17. The number of nitrogens with zero attached hydrogens (tertiary/aromatic N) is 2. The summed E-state index contributed by atoms with van der Waals surface area (Å²) in [7, 11) is 1.64. The lowest BCUT2D eigenvalue weighted by Gasteiger charge is -2.27. The van der Waals surface area contributed by atoms with Crippen molar-refractivity contribution in [1.29, 1.82) is 0 Å². The minimum Gasteiger partial charge on any atom is -0.497 e. The van der Waals surface area contributed by atoms with Crippen molar-refractivity contribution >= 4 is 28.6 Å². The van der Waals surface area contributed by atoms with Gasteiger partial charge in [0.15, 0.2) is 0 Å². The molecule has 4 nitrogen and oxygen atoms in total. The first-order valence-electron chi connectivity index (χ1n) is 7.01. The van der Waals surface area contributed by atoms with Gasteiger partial charge in [-0.2, -0.15) is 11.8 Å². The van der Waals surface area contributed by atoms with Gasteiger partial charge >= 0.3 is 0 Å². The summed E-state index contributed by atoms with van der Waals surface area (Å²) in [5.74, 6) is 2.91. The van der Waals surface area contributed by atoms with E-state index in [2.05, 4.69) is 4.98 Å². The highest BCUT2D eigenvalue weighted by Gasteiger charge is 2.21. The fraction of sp³-hybridized carbons (Fsp3) is 0.375. The molecule has 0 spiro atoms. The summed E-state index contributed by atoms with van der Waals surface area (Å²) in [6.45, 7) is 3.54. The Balaban J connectivity index is 1.98. The van der Waals surface area contributed by atoms with Crippen molar-refractivity contribution in [2.75, 3.05) is 31.7 Å². The van der Waals surface area contributed by atoms with Gasteiger partial charge in [0.1, 0.15) is 5.75 Å². The second-order valence-corrected chi connectivity index (χ2v) is 6.31. The van der Waals surface area contributed by atoms with Gasteiger partial charge in [0.2, 0.25) is 0 Å². The van der Waals surface area contributed by atoms with Crippen LogP contribution in [0, 0.1) is 6.92 Å². The number of carbonyl (C=O) groups excluding carboxylic acids is 1. The van der Waals surface area contributed by atoms with Crippen LogP contribution in [0.4, 0.5) is 0 Å². The largest absolute Gasteiger partial charge is 0.497 e. The van der Waals surface area contributed by atoms with E-state index in [4.69, 9.17) is 4.74 Å². The van der Waals surface area contributed by atoms with Crippen molar-refractivity contribution in [1.82, 2.24) is 9.88 Å². The number of rotatable bonds is 2. The van der Waals surface area contributed by atoms with Crippen LogP contribution in [0.15, 0.2) is 24.3 Å². The van der Waals surface area contributed by atoms with E-state index in [9.17, 15) is 4.79 Å². The van der Waals surface area contributed by atoms with Gasteiger partial charge in [-0.05, 0) is 25.1 Å². The van der Waals surface area contributed by atoms with Crippen LogP contribution in [0.1, 0.15) is 16.1 Å².